The molecule has 1 aliphatic heterocycles. The van der Waals surface area contributed by atoms with Crippen LogP contribution in [0.15, 0.2) is 23.1 Å². The number of piperidine rings is 1. The molecule has 0 saturated carbocycles. The summed E-state index contributed by atoms with van der Waals surface area (Å²) in [5.41, 5.74) is 0.143. The zero-order valence-electron chi connectivity index (χ0n) is 11.6. The fourth-order valence-electron chi connectivity index (χ4n) is 2.19. The van der Waals surface area contributed by atoms with Gasteiger partial charge in [-0.1, -0.05) is 11.6 Å². The van der Waals surface area contributed by atoms with E-state index in [4.69, 9.17) is 11.6 Å². The lowest BCUT2D eigenvalue weighted by Crippen LogP contribution is -2.45. The normalized spacial score (nSPS) is 19.2. The van der Waals surface area contributed by atoms with Gasteiger partial charge in [-0.25, -0.2) is 17.9 Å². The minimum absolute atomic E-state index is 0.0684. The SMILES string of the molecule is COC(=O)c1ccc(Cl)c(S(=O)(=O)NC2CCCNC2)c1. The summed E-state index contributed by atoms with van der Waals surface area (Å²) in [7, 11) is -2.55. The number of nitrogens with one attached hydrogen (secondary N) is 2. The molecule has 0 aromatic heterocycles. The topological polar surface area (TPSA) is 84.5 Å². The van der Waals surface area contributed by atoms with Crippen molar-refractivity contribution < 1.29 is 17.9 Å². The van der Waals surface area contributed by atoms with Gasteiger partial charge in [0, 0.05) is 12.6 Å². The van der Waals surface area contributed by atoms with Crippen molar-refractivity contribution in [1.82, 2.24) is 10.0 Å². The molecule has 1 fully saturated rings. The quantitative estimate of drug-likeness (QED) is 0.808. The number of hydrogen-bond donors (Lipinski definition) is 2. The molecule has 1 heterocycles. The Morgan fingerprint density at radius 3 is 2.86 bits per heavy atom. The molecule has 0 radical (unpaired) electrons. The van der Waals surface area contributed by atoms with Gasteiger partial charge in [0.15, 0.2) is 0 Å². The highest BCUT2D eigenvalue weighted by Crippen LogP contribution is 2.23. The van der Waals surface area contributed by atoms with Crippen LogP contribution in [-0.4, -0.2) is 40.6 Å². The summed E-state index contributed by atoms with van der Waals surface area (Å²) in [6, 6.07) is 3.85. The monoisotopic (exact) mass is 332 g/mol. The Morgan fingerprint density at radius 1 is 1.48 bits per heavy atom. The van der Waals surface area contributed by atoms with Crippen LogP contribution in [0.3, 0.4) is 0 Å². The fraction of sp³-hybridized carbons (Fsp3) is 0.462. The Morgan fingerprint density at radius 2 is 2.24 bits per heavy atom. The largest absolute Gasteiger partial charge is 0.465 e. The number of carbonyl (C=O) groups excluding carboxylic acids is 1. The predicted octanol–water partition coefficient (Wildman–Crippen LogP) is 1.16. The number of carbonyl (C=O) groups is 1. The highest BCUT2D eigenvalue weighted by Gasteiger charge is 2.24. The molecule has 0 aliphatic carbocycles. The zero-order valence-corrected chi connectivity index (χ0v) is 13.1. The molecule has 0 bridgehead atoms. The lowest BCUT2D eigenvalue weighted by Gasteiger charge is -2.23. The minimum atomic E-state index is -3.78. The smallest absolute Gasteiger partial charge is 0.337 e. The Hall–Kier alpha value is -1.15. The van der Waals surface area contributed by atoms with Crippen LogP contribution >= 0.6 is 11.6 Å². The standard InChI is InChI=1S/C13H17ClN2O4S/c1-20-13(17)9-4-5-11(14)12(7-9)21(18,19)16-10-3-2-6-15-8-10/h4-5,7,10,15-16H,2-3,6,8H2,1H3. The van der Waals surface area contributed by atoms with Gasteiger partial charge in [0.05, 0.1) is 17.7 Å². The third kappa shape index (κ3) is 3.94. The molecule has 1 aromatic rings. The van der Waals surface area contributed by atoms with Crippen LogP contribution in [0.2, 0.25) is 5.02 Å². The van der Waals surface area contributed by atoms with E-state index in [0.717, 1.165) is 19.4 Å². The number of halogens is 1. The molecule has 0 amide bonds. The number of ether oxygens (including phenoxy) is 1. The second kappa shape index (κ2) is 6.74. The van der Waals surface area contributed by atoms with Crippen molar-refractivity contribution in [3.8, 4) is 0 Å². The second-order valence-electron chi connectivity index (χ2n) is 4.80. The number of methoxy groups -OCH3 is 1. The molecule has 0 spiro atoms. The maximum atomic E-state index is 12.4. The fourth-order valence-corrected chi connectivity index (χ4v) is 3.99. The van der Waals surface area contributed by atoms with E-state index in [2.05, 4.69) is 14.8 Å². The van der Waals surface area contributed by atoms with Crippen molar-refractivity contribution in [2.75, 3.05) is 20.2 Å². The van der Waals surface area contributed by atoms with Crippen LogP contribution in [-0.2, 0) is 14.8 Å². The molecule has 6 nitrogen and oxygen atoms in total. The van der Waals surface area contributed by atoms with E-state index in [1.165, 1.54) is 25.3 Å². The van der Waals surface area contributed by atoms with Gasteiger partial charge in [-0.05, 0) is 37.6 Å². The Kier molecular flexibility index (Phi) is 5.21. The lowest BCUT2D eigenvalue weighted by molar-refractivity contribution is 0.0600. The van der Waals surface area contributed by atoms with Gasteiger partial charge < -0.3 is 10.1 Å². The van der Waals surface area contributed by atoms with Gasteiger partial charge in [0.2, 0.25) is 10.0 Å². The molecular formula is C13H17ClN2O4S. The molecule has 8 heteroatoms. The minimum Gasteiger partial charge on any atom is -0.465 e. The van der Waals surface area contributed by atoms with Crippen molar-refractivity contribution in [2.24, 2.45) is 0 Å². The van der Waals surface area contributed by atoms with E-state index >= 15 is 0 Å². The van der Waals surface area contributed by atoms with E-state index in [9.17, 15) is 13.2 Å². The summed E-state index contributed by atoms with van der Waals surface area (Å²) in [4.78, 5) is 11.4. The Labute approximate surface area is 128 Å². The zero-order chi connectivity index (χ0) is 15.5. The predicted molar refractivity (Wildman–Crippen MR) is 79.0 cm³/mol. The van der Waals surface area contributed by atoms with E-state index in [-0.39, 0.29) is 21.5 Å². The highest BCUT2D eigenvalue weighted by atomic mass is 35.5. The first kappa shape index (κ1) is 16.2. The van der Waals surface area contributed by atoms with Crippen LogP contribution in [0.25, 0.3) is 0 Å². The molecule has 1 saturated heterocycles. The molecular weight excluding hydrogens is 316 g/mol. The van der Waals surface area contributed by atoms with Crippen molar-refractivity contribution in [3.05, 3.63) is 28.8 Å². The molecule has 1 aliphatic rings. The maximum absolute atomic E-state index is 12.4. The van der Waals surface area contributed by atoms with E-state index in [0.29, 0.717) is 6.54 Å². The van der Waals surface area contributed by atoms with Gasteiger partial charge in [-0.15, -0.1) is 0 Å². The summed E-state index contributed by atoms with van der Waals surface area (Å²) in [6.45, 7) is 1.46. The van der Waals surface area contributed by atoms with E-state index < -0.39 is 16.0 Å². The lowest BCUT2D eigenvalue weighted by atomic mass is 10.1. The van der Waals surface area contributed by atoms with Gasteiger partial charge in [0.1, 0.15) is 4.90 Å². The summed E-state index contributed by atoms with van der Waals surface area (Å²) < 4.78 is 32.0. The first-order valence-corrected chi connectivity index (χ1v) is 8.41. The number of benzene rings is 1. The highest BCUT2D eigenvalue weighted by molar-refractivity contribution is 7.89. The summed E-state index contributed by atoms with van der Waals surface area (Å²) in [5, 5.41) is 3.20. The number of hydrogen-bond acceptors (Lipinski definition) is 5. The molecule has 1 unspecified atom stereocenters. The first-order chi connectivity index (χ1) is 9.94. The van der Waals surface area contributed by atoms with E-state index in [1.807, 2.05) is 0 Å². The molecule has 1 aromatic carbocycles. The summed E-state index contributed by atoms with van der Waals surface area (Å²) in [5.74, 6) is -0.609. The molecule has 2 rings (SSSR count). The Balaban J connectivity index is 2.27. The van der Waals surface area contributed by atoms with Crippen molar-refractivity contribution in [3.63, 3.8) is 0 Å². The molecule has 2 N–H and O–H groups in total. The first-order valence-electron chi connectivity index (χ1n) is 6.55. The van der Waals surface area contributed by atoms with Gasteiger partial charge >= 0.3 is 5.97 Å². The number of esters is 1. The maximum Gasteiger partial charge on any atom is 0.337 e. The molecule has 21 heavy (non-hydrogen) atoms. The number of sulfonamides is 1. The van der Waals surface area contributed by atoms with Crippen molar-refractivity contribution >= 4 is 27.6 Å². The van der Waals surface area contributed by atoms with Crippen LogP contribution in [0, 0.1) is 0 Å². The summed E-state index contributed by atoms with van der Waals surface area (Å²) >= 11 is 5.96. The Bertz CT molecular complexity index is 627. The van der Waals surface area contributed by atoms with Crippen molar-refractivity contribution in [2.45, 2.75) is 23.8 Å². The van der Waals surface area contributed by atoms with Crippen LogP contribution in [0.1, 0.15) is 23.2 Å². The molecule has 116 valence electrons. The van der Waals surface area contributed by atoms with Gasteiger partial charge in [-0.2, -0.15) is 0 Å². The van der Waals surface area contributed by atoms with Crippen LogP contribution in [0.4, 0.5) is 0 Å². The average molecular weight is 333 g/mol. The average Bonchev–Trinajstić information content (AvgIpc) is 2.47. The van der Waals surface area contributed by atoms with Crippen LogP contribution in [0.5, 0.6) is 0 Å². The van der Waals surface area contributed by atoms with Crippen LogP contribution < -0.4 is 10.0 Å². The second-order valence-corrected chi connectivity index (χ2v) is 6.89. The third-order valence-corrected chi connectivity index (χ3v) is 5.26. The van der Waals surface area contributed by atoms with Gasteiger partial charge in [0.25, 0.3) is 0 Å². The van der Waals surface area contributed by atoms with Crippen molar-refractivity contribution in [1.29, 1.82) is 0 Å². The summed E-state index contributed by atoms with van der Waals surface area (Å²) in [6.07, 6.45) is 1.67. The third-order valence-electron chi connectivity index (χ3n) is 3.26. The molecule has 1 atom stereocenters. The van der Waals surface area contributed by atoms with E-state index in [1.54, 1.807) is 0 Å². The van der Waals surface area contributed by atoms with Gasteiger partial charge in [-0.3, -0.25) is 0 Å². The number of rotatable bonds is 4.